The number of hydrogen-bond donors (Lipinski definition) is 0. The van der Waals surface area contributed by atoms with Gasteiger partial charge in [0.15, 0.2) is 0 Å². The Bertz CT molecular complexity index is 523. The first-order chi connectivity index (χ1) is 11.6. The van der Waals surface area contributed by atoms with Crippen molar-refractivity contribution < 1.29 is 4.21 Å². The van der Waals surface area contributed by atoms with Gasteiger partial charge in [0.25, 0.3) is 0 Å². The fraction of sp³-hybridized carbons (Fsp3) is 1.00. The lowest BCUT2D eigenvalue weighted by atomic mass is 9.41. The monoisotopic (exact) mass is 362 g/mol. The quantitative estimate of drug-likeness (QED) is 0.475. The van der Waals surface area contributed by atoms with Crippen LogP contribution in [0.5, 0.6) is 0 Å². The van der Waals surface area contributed by atoms with Crippen LogP contribution in [0.15, 0.2) is 0 Å². The molecule has 0 aromatic heterocycles. The first kappa shape index (κ1) is 14.5. The fourth-order valence-electron chi connectivity index (χ4n) is 10.2. The van der Waals surface area contributed by atoms with Crippen LogP contribution in [0.25, 0.3) is 0 Å². The molecule has 1 aliphatic heterocycles. The molecule has 1 saturated heterocycles. The molecule has 132 valence electrons. The van der Waals surface area contributed by atoms with E-state index in [0.717, 1.165) is 35.5 Å². The standard InChI is InChI=1S/C21H30OS2/c22-24-21(23-24,19-7-13-1-14(8-19)3-15(2-13)9-19)20-10-16-4-17(11-20)6-18(5-16)12-20/h13-18H,1-12H2. The third-order valence-electron chi connectivity index (χ3n) is 9.87. The highest BCUT2D eigenvalue weighted by molar-refractivity contribution is 8.86. The van der Waals surface area contributed by atoms with Gasteiger partial charge in [0, 0.05) is 0 Å². The van der Waals surface area contributed by atoms with Crippen molar-refractivity contribution >= 4 is 20.6 Å². The minimum Gasteiger partial charge on any atom is -0.246 e. The molecule has 3 heteroatoms. The van der Waals surface area contributed by atoms with Gasteiger partial charge in [-0.3, -0.25) is 0 Å². The van der Waals surface area contributed by atoms with E-state index in [-0.39, 0.29) is 4.08 Å². The van der Waals surface area contributed by atoms with Crippen molar-refractivity contribution in [2.45, 2.75) is 81.1 Å². The second kappa shape index (κ2) is 4.32. The molecule has 0 amide bonds. The van der Waals surface area contributed by atoms with Crippen molar-refractivity contribution in [2.24, 2.45) is 46.3 Å². The fourth-order valence-corrected chi connectivity index (χ4v) is 15.4. The van der Waals surface area contributed by atoms with Crippen LogP contribution in [0, 0.1) is 46.3 Å². The van der Waals surface area contributed by atoms with Crippen molar-refractivity contribution in [3.63, 3.8) is 0 Å². The summed E-state index contributed by atoms with van der Waals surface area (Å²) in [5, 5.41) is 0. The van der Waals surface area contributed by atoms with E-state index in [4.69, 9.17) is 0 Å². The summed E-state index contributed by atoms with van der Waals surface area (Å²) in [4.78, 5) is 0. The molecule has 9 rings (SSSR count). The lowest BCUT2D eigenvalue weighted by Gasteiger charge is -2.66. The van der Waals surface area contributed by atoms with E-state index in [2.05, 4.69) is 0 Å². The van der Waals surface area contributed by atoms with Gasteiger partial charge in [-0.05, 0) is 134 Å². The van der Waals surface area contributed by atoms with Crippen molar-refractivity contribution in [3.05, 3.63) is 0 Å². The normalized spacial score (nSPS) is 68.6. The van der Waals surface area contributed by atoms with E-state index in [1.54, 1.807) is 0 Å². The van der Waals surface area contributed by atoms with E-state index in [1.807, 2.05) is 10.8 Å². The second-order valence-electron chi connectivity index (χ2n) is 11.3. The third-order valence-corrected chi connectivity index (χ3v) is 14.3. The Morgan fingerprint density at radius 3 is 1.04 bits per heavy atom. The van der Waals surface area contributed by atoms with Crippen LogP contribution >= 0.6 is 10.8 Å². The summed E-state index contributed by atoms with van der Waals surface area (Å²) in [7, 11) is 1.42. The molecule has 8 bridgehead atoms. The highest BCUT2D eigenvalue weighted by atomic mass is 33.2. The molecule has 0 aromatic carbocycles. The van der Waals surface area contributed by atoms with Gasteiger partial charge in [-0.1, -0.05) is 0 Å². The molecule has 0 spiro atoms. The summed E-state index contributed by atoms with van der Waals surface area (Å²) < 4.78 is 13.5. The van der Waals surface area contributed by atoms with Crippen LogP contribution < -0.4 is 0 Å². The average Bonchev–Trinajstić information content (AvgIpc) is 3.19. The number of hydrogen-bond acceptors (Lipinski definition) is 2. The smallest absolute Gasteiger partial charge is 0.125 e. The van der Waals surface area contributed by atoms with Gasteiger partial charge in [-0.15, -0.1) is 0 Å². The van der Waals surface area contributed by atoms with Gasteiger partial charge in [0.1, 0.15) is 13.9 Å². The molecule has 1 nitrogen and oxygen atoms in total. The predicted molar refractivity (Wildman–Crippen MR) is 99.7 cm³/mol. The lowest BCUT2D eigenvalue weighted by molar-refractivity contribution is -0.126. The zero-order valence-electron chi connectivity index (χ0n) is 14.7. The van der Waals surface area contributed by atoms with Gasteiger partial charge in [-0.2, -0.15) is 0 Å². The van der Waals surface area contributed by atoms with Crippen LogP contribution in [0.3, 0.4) is 0 Å². The van der Waals surface area contributed by atoms with Gasteiger partial charge in [0.05, 0.1) is 0 Å². The molecular weight excluding hydrogens is 332 g/mol. The first-order valence-electron chi connectivity index (χ1n) is 10.7. The summed E-state index contributed by atoms with van der Waals surface area (Å²) in [5.41, 5.74) is 0.978. The second-order valence-corrected chi connectivity index (χ2v) is 14.9. The zero-order valence-corrected chi connectivity index (χ0v) is 16.3. The summed E-state index contributed by atoms with van der Waals surface area (Å²) in [5.74, 6) is 6.00. The first-order valence-corrected chi connectivity index (χ1v) is 13.2. The minimum absolute atomic E-state index is 0.214. The SMILES string of the molecule is O=S1SC1(C12CC3CC(CC(C3)C1)C2)C12CC3CC(CC(C3)C1)C2. The Kier molecular flexibility index (Phi) is 2.62. The van der Waals surface area contributed by atoms with Gasteiger partial charge < -0.3 is 0 Å². The molecule has 8 saturated carbocycles. The number of rotatable bonds is 2. The molecule has 1 heterocycles. The van der Waals surface area contributed by atoms with Crippen molar-refractivity contribution in [3.8, 4) is 0 Å². The van der Waals surface area contributed by atoms with Crippen LogP contribution in [0.1, 0.15) is 77.0 Å². The Morgan fingerprint density at radius 2 is 0.833 bits per heavy atom. The minimum atomic E-state index is -0.565. The van der Waals surface area contributed by atoms with Crippen LogP contribution in [0.2, 0.25) is 0 Å². The molecule has 0 aromatic rings. The molecule has 0 radical (unpaired) electrons. The molecule has 9 aliphatic rings. The van der Waals surface area contributed by atoms with E-state index in [9.17, 15) is 4.21 Å². The van der Waals surface area contributed by atoms with Crippen LogP contribution in [0.4, 0.5) is 0 Å². The summed E-state index contributed by atoms with van der Waals surface area (Å²) in [6, 6.07) is 0. The average molecular weight is 363 g/mol. The van der Waals surface area contributed by atoms with E-state index < -0.39 is 9.83 Å². The summed E-state index contributed by atoms with van der Waals surface area (Å²) >= 11 is 0. The Balaban J connectivity index is 1.36. The molecule has 1 atom stereocenters. The highest BCUT2D eigenvalue weighted by Crippen LogP contribution is 2.83. The molecular formula is C21H30OS2. The Morgan fingerprint density at radius 1 is 0.583 bits per heavy atom. The van der Waals surface area contributed by atoms with Crippen LogP contribution in [-0.2, 0) is 9.83 Å². The summed E-state index contributed by atoms with van der Waals surface area (Å²) in [6.07, 6.45) is 17.9. The largest absolute Gasteiger partial charge is 0.246 e. The van der Waals surface area contributed by atoms with Gasteiger partial charge in [-0.25, -0.2) is 4.21 Å². The van der Waals surface area contributed by atoms with Crippen LogP contribution in [-0.4, -0.2) is 8.29 Å². The molecule has 1 unspecified atom stereocenters. The Labute approximate surface area is 152 Å². The van der Waals surface area contributed by atoms with Gasteiger partial charge >= 0.3 is 0 Å². The van der Waals surface area contributed by atoms with E-state index >= 15 is 0 Å². The zero-order chi connectivity index (χ0) is 15.7. The third kappa shape index (κ3) is 1.57. The van der Waals surface area contributed by atoms with E-state index in [1.165, 1.54) is 77.0 Å². The molecule has 9 fully saturated rings. The maximum Gasteiger partial charge on any atom is 0.125 e. The maximum absolute atomic E-state index is 13.3. The summed E-state index contributed by atoms with van der Waals surface area (Å²) in [6.45, 7) is 0. The van der Waals surface area contributed by atoms with Gasteiger partial charge in [0.2, 0.25) is 0 Å². The maximum atomic E-state index is 13.3. The highest BCUT2D eigenvalue weighted by Gasteiger charge is 2.80. The topological polar surface area (TPSA) is 17.1 Å². The van der Waals surface area contributed by atoms with Crippen molar-refractivity contribution in [1.82, 2.24) is 0 Å². The lowest BCUT2D eigenvalue weighted by Crippen LogP contribution is -2.62. The molecule has 0 N–H and O–H groups in total. The molecule has 8 aliphatic carbocycles. The predicted octanol–water partition coefficient (Wildman–Crippen LogP) is 5.53. The molecule has 24 heavy (non-hydrogen) atoms. The van der Waals surface area contributed by atoms with Crippen molar-refractivity contribution in [1.29, 1.82) is 0 Å². The van der Waals surface area contributed by atoms with E-state index in [0.29, 0.717) is 10.8 Å². The van der Waals surface area contributed by atoms with Crippen molar-refractivity contribution in [2.75, 3.05) is 0 Å². The Hall–Kier alpha value is 0.500.